The van der Waals surface area contributed by atoms with Gasteiger partial charge in [0.2, 0.25) is 5.91 Å². The number of hydrogen-bond donors (Lipinski definition) is 2. The average Bonchev–Trinajstić information content (AvgIpc) is 3.21. The zero-order valence-corrected chi connectivity index (χ0v) is 20.3. The molecule has 0 radical (unpaired) electrons. The lowest BCUT2D eigenvalue weighted by Crippen LogP contribution is -3.10. The van der Waals surface area contributed by atoms with E-state index in [1.807, 2.05) is 35.2 Å². The Morgan fingerprint density at radius 3 is 2.28 bits per heavy atom. The molecule has 2 N–H and O–H groups in total. The fourth-order valence-corrected chi connectivity index (χ4v) is 6.14. The standard InChI is InChI=1S/C25H31ClN2O3S/c1-16-3-5-18(6-4-16)24(29)28(20-11-13-27(2)14-12-20)21-15-22(32-23(21)25(30)31)17-7-9-19(26)10-8-17/h7-10,15-16,18,20H,3-6,11-14H2,1-2H3,(H,30,31)/p+1. The maximum absolute atomic E-state index is 13.9. The van der Waals surface area contributed by atoms with Crippen LogP contribution in [-0.4, -0.2) is 43.2 Å². The van der Waals surface area contributed by atoms with E-state index >= 15 is 0 Å². The highest BCUT2D eigenvalue weighted by Gasteiger charge is 2.37. The average molecular weight is 476 g/mol. The molecule has 32 heavy (non-hydrogen) atoms. The van der Waals surface area contributed by atoms with Crippen molar-refractivity contribution in [2.45, 2.75) is 51.5 Å². The number of aromatic carboxylic acids is 1. The third kappa shape index (κ3) is 5.03. The Bertz CT molecular complexity index is 958. The SMILES string of the molecule is CC1CCC(C(=O)N(c2cc(-c3ccc(Cl)cc3)sc2C(=O)O)C2CC[NH+](C)CC2)CC1. The van der Waals surface area contributed by atoms with Crippen LogP contribution in [-0.2, 0) is 4.79 Å². The molecule has 0 bridgehead atoms. The first kappa shape index (κ1) is 23.3. The number of carboxylic acid groups (broad SMARTS) is 1. The van der Waals surface area contributed by atoms with Crippen LogP contribution in [0.15, 0.2) is 30.3 Å². The van der Waals surface area contributed by atoms with Crippen LogP contribution in [0.3, 0.4) is 0 Å². The first-order valence-electron chi connectivity index (χ1n) is 11.6. The normalized spacial score (nSPS) is 26.0. The molecular weight excluding hydrogens is 444 g/mol. The van der Waals surface area contributed by atoms with Crippen molar-refractivity contribution in [2.24, 2.45) is 11.8 Å². The van der Waals surface area contributed by atoms with E-state index in [2.05, 4.69) is 14.0 Å². The van der Waals surface area contributed by atoms with Crippen molar-refractivity contribution in [2.75, 3.05) is 25.0 Å². The number of thiophene rings is 1. The van der Waals surface area contributed by atoms with Crippen molar-refractivity contribution >= 4 is 40.5 Å². The maximum atomic E-state index is 13.9. The van der Waals surface area contributed by atoms with Gasteiger partial charge in [-0.15, -0.1) is 11.3 Å². The third-order valence-electron chi connectivity index (χ3n) is 7.07. The minimum absolute atomic E-state index is 0.0151. The summed E-state index contributed by atoms with van der Waals surface area (Å²) in [5, 5.41) is 10.7. The molecule has 1 aliphatic heterocycles. The van der Waals surface area contributed by atoms with Gasteiger partial charge in [0, 0.05) is 34.7 Å². The second kappa shape index (κ2) is 9.94. The van der Waals surface area contributed by atoms with Gasteiger partial charge in [0.05, 0.1) is 25.8 Å². The molecule has 2 aromatic rings. The summed E-state index contributed by atoms with van der Waals surface area (Å²) < 4.78 is 0. The molecule has 2 heterocycles. The molecule has 1 amide bonds. The van der Waals surface area contributed by atoms with Crippen LogP contribution in [0.1, 0.15) is 55.1 Å². The van der Waals surface area contributed by atoms with E-state index in [1.54, 1.807) is 0 Å². The van der Waals surface area contributed by atoms with E-state index < -0.39 is 5.97 Å². The smallest absolute Gasteiger partial charge is 0.348 e. The van der Waals surface area contributed by atoms with Crippen molar-refractivity contribution < 1.29 is 19.6 Å². The number of likely N-dealkylation sites (tertiary alicyclic amines) is 1. The Morgan fingerprint density at radius 2 is 1.69 bits per heavy atom. The topological polar surface area (TPSA) is 62.0 Å². The number of halogens is 1. The van der Waals surface area contributed by atoms with Gasteiger partial charge in [-0.2, -0.15) is 0 Å². The molecule has 0 spiro atoms. The van der Waals surface area contributed by atoms with Crippen molar-refractivity contribution in [3.05, 3.63) is 40.2 Å². The van der Waals surface area contributed by atoms with Crippen molar-refractivity contribution in [1.29, 1.82) is 0 Å². The predicted octanol–water partition coefficient (Wildman–Crippen LogP) is 4.60. The summed E-state index contributed by atoms with van der Waals surface area (Å²) in [6.07, 6.45) is 5.70. The van der Waals surface area contributed by atoms with Gasteiger partial charge >= 0.3 is 5.97 Å². The Hall–Kier alpha value is -1.89. The second-order valence-electron chi connectivity index (χ2n) is 9.49. The van der Waals surface area contributed by atoms with Crippen molar-refractivity contribution in [3.8, 4) is 10.4 Å². The van der Waals surface area contributed by atoms with E-state index in [0.717, 1.165) is 62.1 Å². The van der Waals surface area contributed by atoms with Crippen LogP contribution in [0.25, 0.3) is 10.4 Å². The number of anilines is 1. The number of benzene rings is 1. The Labute approximate surface area is 199 Å². The molecule has 7 heteroatoms. The van der Waals surface area contributed by atoms with E-state index in [4.69, 9.17) is 11.6 Å². The Kier molecular flexibility index (Phi) is 7.23. The summed E-state index contributed by atoms with van der Waals surface area (Å²) in [4.78, 5) is 30.6. The second-order valence-corrected chi connectivity index (χ2v) is 11.0. The molecule has 0 unspecified atom stereocenters. The van der Waals surface area contributed by atoms with Crippen molar-refractivity contribution in [1.82, 2.24) is 0 Å². The van der Waals surface area contributed by atoms with Crippen LogP contribution in [0.2, 0.25) is 5.02 Å². The summed E-state index contributed by atoms with van der Waals surface area (Å²) in [5.41, 5.74) is 1.49. The summed E-state index contributed by atoms with van der Waals surface area (Å²) in [6, 6.07) is 9.38. The zero-order valence-electron chi connectivity index (χ0n) is 18.8. The molecule has 172 valence electrons. The summed E-state index contributed by atoms with van der Waals surface area (Å²) in [6.45, 7) is 4.23. The van der Waals surface area contributed by atoms with Crippen LogP contribution >= 0.6 is 22.9 Å². The van der Waals surface area contributed by atoms with Gasteiger partial charge in [0.25, 0.3) is 0 Å². The lowest BCUT2D eigenvalue weighted by Gasteiger charge is -2.38. The number of amides is 1. The number of carboxylic acids is 1. The number of nitrogens with one attached hydrogen (secondary N) is 1. The minimum atomic E-state index is -0.973. The fourth-order valence-electron chi connectivity index (χ4n) is 5.02. The maximum Gasteiger partial charge on any atom is 0.348 e. The quantitative estimate of drug-likeness (QED) is 0.664. The Morgan fingerprint density at radius 1 is 1.06 bits per heavy atom. The molecule has 2 fully saturated rings. The largest absolute Gasteiger partial charge is 0.477 e. The van der Waals surface area contributed by atoms with Crippen LogP contribution < -0.4 is 9.80 Å². The van der Waals surface area contributed by atoms with E-state index in [-0.39, 0.29) is 22.7 Å². The van der Waals surface area contributed by atoms with Crippen LogP contribution in [0.5, 0.6) is 0 Å². The molecule has 1 saturated carbocycles. The highest BCUT2D eigenvalue weighted by molar-refractivity contribution is 7.18. The number of carbonyl (C=O) groups excluding carboxylic acids is 1. The zero-order chi connectivity index (χ0) is 22.8. The molecule has 1 aliphatic carbocycles. The number of nitrogens with zero attached hydrogens (tertiary/aromatic N) is 1. The first-order chi connectivity index (χ1) is 15.3. The molecule has 1 aromatic heterocycles. The van der Waals surface area contributed by atoms with Crippen LogP contribution in [0, 0.1) is 11.8 Å². The molecule has 5 nitrogen and oxygen atoms in total. The van der Waals surface area contributed by atoms with Gasteiger partial charge in [0.15, 0.2) is 0 Å². The number of carbonyl (C=O) groups is 2. The fraction of sp³-hybridized carbons (Fsp3) is 0.520. The van der Waals surface area contributed by atoms with Gasteiger partial charge in [-0.05, 0) is 55.4 Å². The number of rotatable bonds is 5. The van der Waals surface area contributed by atoms with Gasteiger partial charge in [-0.3, -0.25) is 4.79 Å². The third-order valence-corrected chi connectivity index (χ3v) is 8.48. The van der Waals surface area contributed by atoms with E-state index in [0.29, 0.717) is 16.6 Å². The molecule has 4 rings (SSSR count). The van der Waals surface area contributed by atoms with Gasteiger partial charge < -0.3 is 14.9 Å². The van der Waals surface area contributed by atoms with E-state index in [9.17, 15) is 14.7 Å². The first-order valence-corrected chi connectivity index (χ1v) is 12.8. The molecule has 1 aromatic carbocycles. The number of hydrogen-bond acceptors (Lipinski definition) is 3. The van der Waals surface area contributed by atoms with Gasteiger partial charge in [0.1, 0.15) is 4.88 Å². The summed E-state index contributed by atoms with van der Waals surface area (Å²) >= 11 is 7.28. The predicted molar refractivity (Wildman–Crippen MR) is 130 cm³/mol. The summed E-state index contributed by atoms with van der Waals surface area (Å²) in [5.74, 6) is -0.214. The minimum Gasteiger partial charge on any atom is -0.477 e. The number of quaternary nitrogens is 1. The van der Waals surface area contributed by atoms with E-state index in [1.165, 1.54) is 16.2 Å². The van der Waals surface area contributed by atoms with Gasteiger partial charge in [-0.1, -0.05) is 30.7 Å². The lowest BCUT2D eigenvalue weighted by molar-refractivity contribution is -0.884. The lowest BCUT2D eigenvalue weighted by atomic mass is 9.82. The van der Waals surface area contributed by atoms with Crippen LogP contribution in [0.4, 0.5) is 5.69 Å². The van der Waals surface area contributed by atoms with Gasteiger partial charge in [-0.25, -0.2) is 4.79 Å². The highest BCUT2D eigenvalue weighted by Crippen LogP contribution is 2.40. The number of piperidine rings is 1. The molecule has 1 saturated heterocycles. The molecule has 2 aliphatic rings. The molecule has 0 atom stereocenters. The monoisotopic (exact) mass is 475 g/mol. The van der Waals surface area contributed by atoms with Crippen molar-refractivity contribution in [3.63, 3.8) is 0 Å². The highest BCUT2D eigenvalue weighted by atomic mass is 35.5. The Balaban J connectivity index is 1.73. The summed E-state index contributed by atoms with van der Waals surface area (Å²) in [7, 11) is 2.18. The molecular formula is C25H32ClN2O3S+.